The topological polar surface area (TPSA) is 57.6 Å². The second-order valence-electron chi connectivity index (χ2n) is 4.77. The highest BCUT2D eigenvalue weighted by molar-refractivity contribution is 6.04. The van der Waals surface area contributed by atoms with Crippen molar-refractivity contribution in [2.75, 3.05) is 6.54 Å². The Kier molecular flexibility index (Phi) is 3.73. The monoisotopic (exact) mass is 227 g/mol. The molecule has 1 heterocycles. The quantitative estimate of drug-likeness (QED) is 0.734. The molecular formula is C12H21NO3. The Morgan fingerprint density at radius 1 is 1.12 bits per heavy atom. The number of β-amino-alcohol motifs (C(OH)–C–C–N with tert-alkyl or cyclic N) is 1. The van der Waals surface area contributed by atoms with Crippen molar-refractivity contribution in [3.63, 3.8) is 0 Å². The van der Waals surface area contributed by atoms with Gasteiger partial charge in [-0.05, 0) is 12.8 Å². The number of imide groups is 1. The van der Waals surface area contributed by atoms with Gasteiger partial charge in [-0.15, -0.1) is 0 Å². The maximum absolute atomic E-state index is 11.8. The van der Waals surface area contributed by atoms with E-state index in [0.29, 0.717) is 12.8 Å². The van der Waals surface area contributed by atoms with Crippen LogP contribution >= 0.6 is 0 Å². The molecule has 1 aliphatic rings. The number of hydrogen-bond donors (Lipinski definition) is 1. The van der Waals surface area contributed by atoms with Crippen molar-refractivity contribution in [2.24, 2.45) is 11.8 Å². The summed E-state index contributed by atoms with van der Waals surface area (Å²) in [4.78, 5) is 24.9. The van der Waals surface area contributed by atoms with Gasteiger partial charge in [-0.25, -0.2) is 0 Å². The Morgan fingerprint density at radius 3 is 1.81 bits per heavy atom. The lowest BCUT2D eigenvalue weighted by molar-refractivity contribution is -0.144. The van der Waals surface area contributed by atoms with Crippen LogP contribution in [-0.2, 0) is 9.59 Å². The standard InChI is InChI=1S/C12H21NO3/c1-5-12(16,6-2)7-13-10(14)8(3)9(4)11(13)15/h8-9,16H,5-7H2,1-4H3. The molecule has 0 radical (unpaired) electrons. The van der Waals surface area contributed by atoms with Gasteiger partial charge >= 0.3 is 0 Å². The maximum atomic E-state index is 11.8. The van der Waals surface area contributed by atoms with Gasteiger partial charge in [0, 0.05) is 11.8 Å². The zero-order valence-electron chi connectivity index (χ0n) is 10.5. The molecule has 0 spiro atoms. The zero-order chi connectivity index (χ0) is 12.5. The molecule has 0 aromatic carbocycles. The number of aliphatic hydroxyl groups is 1. The molecule has 16 heavy (non-hydrogen) atoms. The van der Waals surface area contributed by atoms with Crippen LogP contribution in [0.3, 0.4) is 0 Å². The van der Waals surface area contributed by atoms with E-state index in [1.165, 1.54) is 4.90 Å². The molecule has 0 bridgehead atoms. The van der Waals surface area contributed by atoms with E-state index in [1.54, 1.807) is 13.8 Å². The minimum absolute atomic E-state index is 0.131. The van der Waals surface area contributed by atoms with Gasteiger partial charge in [-0.1, -0.05) is 27.7 Å². The molecule has 1 saturated heterocycles. The van der Waals surface area contributed by atoms with Gasteiger partial charge < -0.3 is 5.11 Å². The first kappa shape index (κ1) is 13.2. The number of rotatable bonds is 4. The van der Waals surface area contributed by atoms with Gasteiger partial charge in [-0.3, -0.25) is 14.5 Å². The summed E-state index contributed by atoms with van der Waals surface area (Å²) in [5.41, 5.74) is -0.935. The van der Waals surface area contributed by atoms with E-state index >= 15 is 0 Å². The fraction of sp³-hybridized carbons (Fsp3) is 0.833. The molecule has 0 saturated carbocycles. The summed E-state index contributed by atoms with van der Waals surface area (Å²) in [6.45, 7) is 7.39. The molecule has 0 aliphatic carbocycles. The largest absolute Gasteiger partial charge is 0.388 e. The first-order valence-corrected chi connectivity index (χ1v) is 5.94. The summed E-state index contributed by atoms with van der Waals surface area (Å²) in [6.07, 6.45) is 1.09. The predicted octanol–water partition coefficient (Wildman–Crippen LogP) is 1.18. The summed E-state index contributed by atoms with van der Waals surface area (Å²) in [5.74, 6) is -0.827. The van der Waals surface area contributed by atoms with Crippen molar-refractivity contribution in [2.45, 2.75) is 46.1 Å². The molecule has 4 nitrogen and oxygen atoms in total. The van der Waals surface area contributed by atoms with Crippen LogP contribution in [0.15, 0.2) is 0 Å². The lowest BCUT2D eigenvalue weighted by Gasteiger charge is -2.29. The molecule has 1 fully saturated rings. The van der Waals surface area contributed by atoms with E-state index in [-0.39, 0.29) is 30.2 Å². The van der Waals surface area contributed by atoms with Gasteiger partial charge in [0.25, 0.3) is 0 Å². The SMILES string of the molecule is CCC(O)(CC)CN1C(=O)C(C)C(C)C1=O. The van der Waals surface area contributed by atoms with Crippen LogP contribution in [0.5, 0.6) is 0 Å². The molecule has 0 aromatic heterocycles. The fourth-order valence-electron chi connectivity index (χ4n) is 1.95. The van der Waals surface area contributed by atoms with Gasteiger partial charge in [0.05, 0.1) is 12.1 Å². The van der Waals surface area contributed by atoms with E-state index in [1.807, 2.05) is 13.8 Å². The molecule has 2 unspecified atom stereocenters. The summed E-state index contributed by atoms with van der Waals surface area (Å²) >= 11 is 0. The molecule has 92 valence electrons. The van der Waals surface area contributed by atoms with Crippen LogP contribution in [0.25, 0.3) is 0 Å². The summed E-state index contributed by atoms with van der Waals surface area (Å²) in [7, 11) is 0. The third kappa shape index (κ3) is 2.12. The normalized spacial score (nSPS) is 26.7. The van der Waals surface area contributed by atoms with Crippen molar-refractivity contribution in [3.05, 3.63) is 0 Å². The Labute approximate surface area is 96.6 Å². The highest BCUT2D eigenvalue weighted by atomic mass is 16.3. The molecule has 1 rings (SSSR count). The summed E-state index contributed by atoms with van der Waals surface area (Å²) in [6, 6.07) is 0. The van der Waals surface area contributed by atoms with Crippen LogP contribution < -0.4 is 0 Å². The van der Waals surface area contributed by atoms with Gasteiger partial charge in [0.1, 0.15) is 0 Å². The van der Waals surface area contributed by atoms with Crippen LogP contribution in [0.1, 0.15) is 40.5 Å². The van der Waals surface area contributed by atoms with Gasteiger partial charge in [0.2, 0.25) is 11.8 Å². The van der Waals surface area contributed by atoms with Crippen LogP contribution in [0, 0.1) is 11.8 Å². The van der Waals surface area contributed by atoms with Crippen molar-refractivity contribution >= 4 is 11.8 Å². The van der Waals surface area contributed by atoms with Crippen molar-refractivity contribution in [1.82, 2.24) is 4.90 Å². The molecule has 1 N–H and O–H groups in total. The third-order valence-electron chi connectivity index (χ3n) is 3.83. The Balaban J connectivity index is 2.82. The molecule has 2 atom stereocenters. The van der Waals surface area contributed by atoms with Crippen LogP contribution in [0.4, 0.5) is 0 Å². The lowest BCUT2D eigenvalue weighted by atomic mass is 9.97. The number of amides is 2. The highest BCUT2D eigenvalue weighted by Crippen LogP contribution is 2.28. The van der Waals surface area contributed by atoms with E-state index in [0.717, 1.165) is 0 Å². The van der Waals surface area contributed by atoms with Gasteiger partial charge in [0.15, 0.2) is 0 Å². The number of likely N-dealkylation sites (tertiary alicyclic amines) is 1. The Bertz CT molecular complexity index is 277. The molecule has 1 aliphatic heterocycles. The minimum Gasteiger partial charge on any atom is -0.388 e. The van der Waals surface area contributed by atoms with E-state index in [4.69, 9.17) is 0 Å². The summed E-state index contributed by atoms with van der Waals surface area (Å²) in [5, 5.41) is 10.2. The Morgan fingerprint density at radius 2 is 1.50 bits per heavy atom. The second-order valence-corrected chi connectivity index (χ2v) is 4.77. The smallest absolute Gasteiger partial charge is 0.232 e. The third-order valence-corrected chi connectivity index (χ3v) is 3.83. The predicted molar refractivity (Wildman–Crippen MR) is 60.6 cm³/mol. The molecular weight excluding hydrogens is 206 g/mol. The number of nitrogens with zero attached hydrogens (tertiary/aromatic N) is 1. The first-order valence-electron chi connectivity index (χ1n) is 5.94. The van der Waals surface area contributed by atoms with Gasteiger partial charge in [-0.2, -0.15) is 0 Å². The lowest BCUT2D eigenvalue weighted by Crippen LogP contribution is -2.45. The second kappa shape index (κ2) is 4.53. The van der Waals surface area contributed by atoms with Crippen LogP contribution in [-0.4, -0.2) is 34.0 Å². The fourth-order valence-corrected chi connectivity index (χ4v) is 1.95. The highest BCUT2D eigenvalue weighted by Gasteiger charge is 2.44. The van der Waals surface area contributed by atoms with E-state index in [2.05, 4.69) is 0 Å². The average molecular weight is 227 g/mol. The summed E-state index contributed by atoms with van der Waals surface area (Å²) < 4.78 is 0. The number of hydrogen-bond acceptors (Lipinski definition) is 3. The zero-order valence-corrected chi connectivity index (χ0v) is 10.5. The first-order chi connectivity index (χ1) is 7.36. The van der Waals surface area contributed by atoms with Crippen molar-refractivity contribution in [1.29, 1.82) is 0 Å². The van der Waals surface area contributed by atoms with Crippen molar-refractivity contribution in [3.8, 4) is 0 Å². The van der Waals surface area contributed by atoms with E-state index < -0.39 is 5.60 Å². The minimum atomic E-state index is -0.935. The van der Waals surface area contributed by atoms with Crippen LogP contribution in [0.2, 0.25) is 0 Å². The molecule has 0 aromatic rings. The van der Waals surface area contributed by atoms with Crippen molar-refractivity contribution < 1.29 is 14.7 Å². The van der Waals surface area contributed by atoms with E-state index in [9.17, 15) is 14.7 Å². The maximum Gasteiger partial charge on any atom is 0.232 e. The number of carbonyl (C=O) groups is 2. The number of carbonyl (C=O) groups excluding carboxylic acids is 2. The average Bonchev–Trinajstić information content (AvgIpc) is 2.46. The molecule has 4 heteroatoms. The molecule has 2 amide bonds. The Hall–Kier alpha value is -0.900.